The average Bonchev–Trinajstić information content (AvgIpc) is 3.29. The molecule has 0 bridgehead atoms. The van der Waals surface area contributed by atoms with E-state index in [4.69, 9.17) is 0 Å². The Balaban J connectivity index is 1.75. The van der Waals surface area contributed by atoms with Crippen LogP contribution in [0.4, 0.5) is 21.7 Å². The second kappa shape index (κ2) is 8.45. The average molecular weight is 437 g/mol. The van der Waals surface area contributed by atoms with Crippen LogP contribution in [0.2, 0.25) is 0 Å². The molecule has 2 aromatic carbocycles. The smallest absolute Gasteiger partial charge is 0.167 e. The number of rotatable bonds is 5. The van der Waals surface area contributed by atoms with Crippen LogP contribution in [-0.2, 0) is 6.61 Å². The van der Waals surface area contributed by atoms with Crippen LogP contribution in [0.25, 0.3) is 22.4 Å². The minimum absolute atomic E-state index is 0.0954. The number of hydrogen-bond donors (Lipinski definition) is 2. The van der Waals surface area contributed by atoms with Gasteiger partial charge in [-0.3, -0.25) is 4.90 Å². The summed E-state index contributed by atoms with van der Waals surface area (Å²) in [5.41, 5.74) is 2.55. The van der Waals surface area contributed by atoms with E-state index >= 15 is 0 Å². The Labute approximate surface area is 187 Å². The molecule has 33 heavy (non-hydrogen) atoms. The van der Waals surface area contributed by atoms with Crippen molar-refractivity contribution in [3.8, 4) is 17.5 Å². The predicted octanol–water partition coefficient (Wildman–Crippen LogP) is 4.39. The van der Waals surface area contributed by atoms with Crippen LogP contribution in [0, 0.1) is 17.1 Å². The van der Waals surface area contributed by atoms with Gasteiger partial charge in [0.25, 0.3) is 0 Å². The minimum atomic E-state index is -0.550. The highest BCUT2D eigenvalue weighted by Crippen LogP contribution is 2.36. The molecule has 0 saturated carbocycles. The second-order valence-corrected chi connectivity index (χ2v) is 7.09. The first-order valence-corrected chi connectivity index (χ1v) is 10.00. The molecule has 0 aliphatic heterocycles. The number of benzene rings is 2. The van der Waals surface area contributed by atoms with Gasteiger partial charge in [0.15, 0.2) is 5.82 Å². The minimum Gasteiger partial charge on any atom is -0.390 e. The molecular weight excluding hydrogens is 421 g/mol. The van der Waals surface area contributed by atoms with Gasteiger partial charge in [0.05, 0.1) is 35.0 Å². The highest BCUT2D eigenvalue weighted by Gasteiger charge is 2.22. The number of aliphatic hydroxyl groups is 1. The van der Waals surface area contributed by atoms with Crippen LogP contribution in [0.3, 0.4) is 0 Å². The molecule has 3 heterocycles. The molecule has 9 heteroatoms. The van der Waals surface area contributed by atoms with Crippen molar-refractivity contribution in [2.45, 2.75) is 6.61 Å². The van der Waals surface area contributed by atoms with Gasteiger partial charge in [-0.1, -0.05) is 24.3 Å². The lowest BCUT2D eigenvalue weighted by Crippen LogP contribution is -2.14. The summed E-state index contributed by atoms with van der Waals surface area (Å²) in [5.74, 6) is 0.596. The van der Waals surface area contributed by atoms with E-state index in [0.717, 1.165) is 5.69 Å². The monoisotopic (exact) mass is 437 g/mol. The number of nitriles is 1. The molecule has 0 aliphatic carbocycles. The maximum atomic E-state index is 14.6. The highest BCUT2D eigenvalue weighted by molar-refractivity contribution is 5.93. The van der Waals surface area contributed by atoms with Gasteiger partial charge < -0.3 is 10.1 Å². The summed E-state index contributed by atoms with van der Waals surface area (Å²) in [4.78, 5) is 22.5. The van der Waals surface area contributed by atoms with E-state index in [0.29, 0.717) is 28.4 Å². The fourth-order valence-electron chi connectivity index (χ4n) is 3.60. The molecule has 0 amide bonds. The van der Waals surface area contributed by atoms with Crippen molar-refractivity contribution in [2.24, 2.45) is 0 Å². The lowest BCUT2D eigenvalue weighted by atomic mass is 10.1. The molecule has 0 fully saturated rings. The molecule has 5 rings (SSSR count). The molecule has 0 saturated heterocycles. The Morgan fingerprint density at radius 3 is 2.67 bits per heavy atom. The largest absolute Gasteiger partial charge is 0.390 e. The van der Waals surface area contributed by atoms with E-state index < -0.39 is 5.82 Å². The summed E-state index contributed by atoms with van der Waals surface area (Å²) in [6.45, 7) is -0.243. The summed E-state index contributed by atoms with van der Waals surface area (Å²) in [5, 5.41) is 19.0. The standard InChI is InChI=1S/C24H16FN7O/c25-18-8-4-5-15(12-26)21(18)23-30-19-9-10-27-24(22(19)31-23)32(17-6-2-1-3-7-17)20-11-16(13-33)28-14-29-20/h1-11,14,33H,13H2,(H,30,31). The molecule has 0 radical (unpaired) electrons. The Morgan fingerprint density at radius 2 is 1.88 bits per heavy atom. The lowest BCUT2D eigenvalue weighted by Gasteiger charge is -2.23. The lowest BCUT2D eigenvalue weighted by molar-refractivity contribution is 0.276. The predicted molar refractivity (Wildman–Crippen MR) is 120 cm³/mol. The van der Waals surface area contributed by atoms with Gasteiger partial charge in [-0.25, -0.2) is 24.3 Å². The molecular formula is C24H16FN7O. The summed E-state index contributed by atoms with van der Waals surface area (Å²) in [6, 6.07) is 19.1. The number of aliphatic hydroxyl groups excluding tert-OH is 1. The Hall–Kier alpha value is -4.68. The van der Waals surface area contributed by atoms with E-state index in [9.17, 15) is 14.8 Å². The number of hydrogen-bond acceptors (Lipinski definition) is 7. The number of nitrogens with one attached hydrogen (secondary N) is 1. The van der Waals surface area contributed by atoms with E-state index in [1.807, 2.05) is 36.4 Å². The first-order valence-electron chi connectivity index (χ1n) is 10.00. The van der Waals surface area contributed by atoms with Gasteiger partial charge in [-0.2, -0.15) is 5.26 Å². The number of aromatic amines is 1. The van der Waals surface area contributed by atoms with Crippen molar-refractivity contribution in [3.05, 3.63) is 90.3 Å². The molecule has 0 spiro atoms. The zero-order chi connectivity index (χ0) is 22.8. The van der Waals surface area contributed by atoms with Crippen molar-refractivity contribution in [3.63, 3.8) is 0 Å². The Kier molecular flexibility index (Phi) is 5.18. The van der Waals surface area contributed by atoms with Crippen LogP contribution in [0.5, 0.6) is 0 Å². The number of imidazole rings is 1. The van der Waals surface area contributed by atoms with Crippen molar-refractivity contribution >= 4 is 28.4 Å². The van der Waals surface area contributed by atoms with Gasteiger partial charge in [-0.15, -0.1) is 0 Å². The summed E-state index contributed by atoms with van der Waals surface area (Å²) < 4.78 is 14.6. The second-order valence-electron chi connectivity index (χ2n) is 7.09. The first-order chi connectivity index (χ1) is 16.2. The van der Waals surface area contributed by atoms with Gasteiger partial charge in [0.2, 0.25) is 0 Å². The van der Waals surface area contributed by atoms with Crippen LogP contribution >= 0.6 is 0 Å². The van der Waals surface area contributed by atoms with Crippen molar-refractivity contribution in [2.75, 3.05) is 4.90 Å². The number of anilines is 3. The van der Waals surface area contributed by atoms with Crippen LogP contribution < -0.4 is 4.90 Å². The molecule has 160 valence electrons. The number of H-pyrrole nitrogens is 1. The van der Waals surface area contributed by atoms with Crippen LogP contribution in [0.15, 0.2) is 73.2 Å². The first kappa shape index (κ1) is 20.2. The van der Waals surface area contributed by atoms with Crippen LogP contribution in [-0.4, -0.2) is 30.0 Å². The highest BCUT2D eigenvalue weighted by atomic mass is 19.1. The SMILES string of the molecule is N#Cc1cccc(F)c1-c1nc2c(N(c3ccccc3)c3cc(CO)ncn3)nccc2[nH]1. The molecule has 3 aromatic heterocycles. The summed E-state index contributed by atoms with van der Waals surface area (Å²) in [7, 11) is 0. The van der Waals surface area contributed by atoms with E-state index in [-0.39, 0.29) is 23.6 Å². The molecule has 8 nitrogen and oxygen atoms in total. The number of pyridine rings is 1. The number of halogens is 1. The third-order valence-electron chi connectivity index (χ3n) is 5.08. The number of aromatic nitrogens is 5. The molecule has 5 aromatic rings. The maximum absolute atomic E-state index is 14.6. The normalized spacial score (nSPS) is 10.8. The number of para-hydroxylation sites is 1. The van der Waals surface area contributed by atoms with Gasteiger partial charge in [0, 0.05) is 18.0 Å². The van der Waals surface area contributed by atoms with Crippen molar-refractivity contribution in [1.29, 1.82) is 5.26 Å². The Bertz CT molecular complexity index is 1490. The zero-order valence-electron chi connectivity index (χ0n) is 17.1. The van der Waals surface area contributed by atoms with E-state index in [2.05, 4.69) is 24.9 Å². The third kappa shape index (κ3) is 3.64. The van der Waals surface area contributed by atoms with Gasteiger partial charge in [0.1, 0.15) is 29.3 Å². The van der Waals surface area contributed by atoms with Crippen LogP contribution in [0.1, 0.15) is 11.3 Å². The third-order valence-corrected chi connectivity index (χ3v) is 5.08. The van der Waals surface area contributed by atoms with Gasteiger partial charge >= 0.3 is 0 Å². The Morgan fingerprint density at radius 1 is 1.03 bits per heavy atom. The van der Waals surface area contributed by atoms with E-state index in [1.54, 1.807) is 29.3 Å². The fourth-order valence-corrected chi connectivity index (χ4v) is 3.60. The fraction of sp³-hybridized carbons (Fsp3) is 0.0417. The number of nitrogens with zero attached hydrogens (tertiary/aromatic N) is 6. The topological polar surface area (TPSA) is 115 Å². The van der Waals surface area contributed by atoms with Crippen molar-refractivity contribution < 1.29 is 9.50 Å². The zero-order valence-corrected chi connectivity index (χ0v) is 17.1. The molecule has 0 unspecified atom stereocenters. The quantitative estimate of drug-likeness (QED) is 0.419. The van der Waals surface area contributed by atoms with Gasteiger partial charge in [-0.05, 0) is 30.3 Å². The van der Waals surface area contributed by atoms with E-state index in [1.165, 1.54) is 18.5 Å². The molecule has 2 N–H and O–H groups in total. The molecule has 0 aliphatic rings. The molecule has 0 atom stereocenters. The summed E-state index contributed by atoms with van der Waals surface area (Å²) in [6.07, 6.45) is 2.97. The van der Waals surface area contributed by atoms with Crippen molar-refractivity contribution in [1.82, 2.24) is 24.9 Å². The summed E-state index contributed by atoms with van der Waals surface area (Å²) >= 11 is 0. The number of fused-ring (bicyclic) bond motifs is 1. The maximum Gasteiger partial charge on any atom is 0.167 e.